The average Bonchev–Trinajstić information content (AvgIpc) is 2.06. The number of hydrogen-bond donors (Lipinski definition) is 2. The summed E-state index contributed by atoms with van der Waals surface area (Å²) >= 11 is 5.78. The molecule has 0 aromatic heterocycles. The number of benzene rings is 1. The van der Waals surface area contributed by atoms with Gasteiger partial charge in [0.25, 0.3) is 10.1 Å². The minimum atomic E-state index is -4.29. The summed E-state index contributed by atoms with van der Waals surface area (Å²) < 4.78 is 30.4. The Balaban J connectivity index is 3.44. The van der Waals surface area contributed by atoms with Gasteiger partial charge in [-0.3, -0.25) is 4.55 Å². The molecule has 0 bridgehead atoms. The van der Waals surface area contributed by atoms with Crippen LogP contribution in [0.25, 0.3) is 0 Å². The maximum Gasteiger partial charge on any atom is 0.296 e. The fourth-order valence-electron chi connectivity index (χ4n) is 1.11. The smallest absolute Gasteiger partial charge is 0.296 e. The van der Waals surface area contributed by atoms with Gasteiger partial charge in [-0.25, -0.2) is 0 Å². The molecule has 0 atom stereocenters. The number of nitrogen functional groups attached to an aromatic ring is 1. The number of halogens is 1. The first-order chi connectivity index (χ1) is 6.36. The molecular weight excluding hydrogens is 226 g/mol. The molecule has 0 amide bonds. The first-order valence-corrected chi connectivity index (χ1v) is 5.73. The standard InChI is InChI=1S/C8H10ClNO3S/c1-2-5-3-7(10)8(4-6(5)9)14(11,12)13/h3-4H,2,10H2,1H3,(H,11,12,13). The van der Waals surface area contributed by atoms with Crippen LogP contribution >= 0.6 is 11.6 Å². The van der Waals surface area contributed by atoms with Crippen LogP contribution in [-0.2, 0) is 16.5 Å². The molecule has 6 heteroatoms. The molecule has 0 saturated carbocycles. The SMILES string of the molecule is CCc1cc(N)c(S(=O)(=O)O)cc1Cl. The molecule has 0 spiro atoms. The van der Waals surface area contributed by atoms with Crippen molar-refractivity contribution in [1.29, 1.82) is 0 Å². The molecule has 1 rings (SSSR count). The molecule has 0 unspecified atom stereocenters. The van der Waals surface area contributed by atoms with Crippen LogP contribution in [0.5, 0.6) is 0 Å². The van der Waals surface area contributed by atoms with E-state index < -0.39 is 10.1 Å². The molecule has 4 nitrogen and oxygen atoms in total. The van der Waals surface area contributed by atoms with Gasteiger partial charge in [-0.15, -0.1) is 0 Å². The molecule has 78 valence electrons. The Labute approximate surface area is 87.4 Å². The molecule has 0 aliphatic heterocycles. The van der Waals surface area contributed by atoms with Crippen LogP contribution in [0.3, 0.4) is 0 Å². The minimum Gasteiger partial charge on any atom is -0.398 e. The van der Waals surface area contributed by atoms with E-state index in [0.29, 0.717) is 6.42 Å². The van der Waals surface area contributed by atoms with E-state index in [9.17, 15) is 8.42 Å². The molecule has 0 saturated heterocycles. The summed E-state index contributed by atoms with van der Waals surface area (Å²) in [5.41, 5.74) is 6.21. The maximum absolute atomic E-state index is 10.8. The van der Waals surface area contributed by atoms with Crippen LogP contribution in [-0.4, -0.2) is 13.0 Å². The highest BCUT2D eigenvalue weighted by Crippen LogP contribution is 2.26. The van der Waals surface area contributed by atoms with Crippen molar-refractivity contribution >= 4 is 27.4 Å². The predicted octanol–water partition coefficient (Wildman–Crippen LogP) is 1.73. The summed E-state index contributed by atoms with van der Waals surface area (Å²) in [6.45, 7) is 1.87. The van der Waals surface area contributed by atoms with Crippen LogP contribution in [0.15, 0.2) is 17.0 Å². The summed E-state index contributed by atoms with van der Waals surface area (Å²) in [7, 11) is -4.29. The topological polar surface area (TPSA) is 80.4 Å². The lowest BCUT2D eigenvalue weighted by atomic mass is 10.1. The third-order valence-corrected chi connectivity index (χ3v) is 3.10. The van der Waals surface area contributed by atoms with Gasteiger partial charge in [0, 0.05) is 5.02 Å². The number of hydrogen-bond acceptors (Lipinski definition) is 3. The third-order valence-electron chi connectivity index (χ3n) is 1.84. The van der Waals surface area contributed by atoms with Crippen molar-refractivity contribution in [2.24, 2.45) is 0 Å². The van der Waals surface area contributed by atoms with Crippen LogP contribution in [0.4, 0.5) is 5.69 Å². The van der Waals surface area contributed by atoms with Crippen molar-refractivity contribution in [3.05, 3.63) is 22.7 Å². The Morgan fingerprint density at radius 2 is 2.07 bits per heavy atom. The lowest BCUT2D eigenvalue weighted by Crippen LogP contribution is -2.04. The summed E-state index contributed by atoms with van der Waals surface area (Å²) in [5.74, 6) is 0. The summed E-state index contributed by atoms with van der Waals surface area (Å²) in [4.78, 5) is -0.347. The number of anilines is 1. The number of nitrogens with two attached hydrogens (primary N) is 1. The van der Waals surface area contributed by atoms with Crippen molar-refractivity contribution < 1.29 is 13.0 Å². The van der Waals surface area contributed by atoms with E-state index in [0.717, 1.165) is 11.6 Å². The normalized spacial score (nSPS) is 11.6. The lowest BCUT2D eigenvalue weighted by Gasteiger charge is -2.06. The van der Waals surface area contributed by atoms with Crippen LogP contribution in [0.1, 0.15) is 12.5 Å². The molecule has 0 fully saturated rings. The average molecular weight is 236 g/mol. The van der Waals surface area contributed by atoms with E-state index in [-0.39, 0.29) is 15.6 Å². The first kappa shape index (κ1) is 11.3. The van der Waals surface area contributed by atoms with Gasteiger partial charge in [0.1, 0.15) is 4.90 Å². The number of rotatable bonds is 2. The molecule has 14 heavy (non-hydrogen) atoms. The van der Waals surface area contributed by atoms with E-state index >= 15 is 0 Å². The Kier molecular flexibility index (Phi) is 3.04. The Morgan fingerprint density at radius 3 is 2.50 bits per heavy atom. The summed E-state index contributed by atoms with van der Waals surface area (Å²) in [6.07, 6.45) is 0.648. The van der Waals surface area contributed by atoms with E-state index in [1.165, 1.54) is 6.07 Å². The highest BCUT2D eigenvalue weighted by molar-refractivity contribution is 7.86. The highest BCUT2D eigenvalue weighted by atomic mass is 35.5. The number of aryl methyl sites for hydroxylation is 1. The van der Waals surface area contributed by atoms with Gasteiger partial charge in [0.2, 0.25) is 0 Å². The van der Waals surface area contributed by atoms with Gasteiger partial charge in [0.15, 0.2) is 0 Å². The second kappa shape index (κ2) is 3.76. The largest absolute Gasteiger partial charge is 0.398 e. The lowest BCUT2D eigenvalue weighted by molar-refractivity contribution is 0.483. The van der Waals surface area contributed by atoms with Crippen molar-refractivity contribution in [1.82, 2.24) is 0 Å². The molecule has 1 aromatic carbocycles. The van der Waals surface area contributed by atoms with Crippen molar-refractivity contribution in [3.63, 3.8) is 0 Å². The zero-order valence-corrected chi connectivity index (χ0v) is 9.06. The maximum atomic E-state index is 10.8. The quantitative estimate of drug-likeness (QED) is 0.604. The Morgan fingerprint density at radius 1 is 1.50 bits per heavy atom. The highest BCUT2D eigenvalue weighted by Gasteiger charge is 2.15. The van der Waals surface area contributed by atoms with Crippen LogP contribution < -0.4 is 5.73 Å². The molecule has 3 N–H and O–H groups in total. The van der Waals surface area contributed by atoms with Crippen molar-refractivity contribution in [2.45, 2.75) is 18.2 Å². The van der Waals surface area contributed by atoms with Gasteiger partial charge >= 0.3 is 0 Å². The monoisotopic (exact) mass is 235 g/mol. The second-order valence-corrected chi connectivity index (χ2v) is 4.61. The van der Waals surface area contributed by atoms with E-state index in [1.54, 1.807) is 0 Å². The van der Waals surface area contributed by atoms with Gasteiger partial charge in [0.05, 0.1) is 5.69 Å². The summed E-state index contributed by atoms with van der Waals surface area (Å²) in [6, 6.07) is 2.61. The van der Waals surface area contributed by atoms with Crippen LogP contribution in [0, 0.1) is 0 Å². The minimum absolute atomic E-state index is 0.00810. The molecular formula is C8H10ClNO3S. The third kappa shape index (κ3) is 2.17. The van der Waals surface area contributed by atoms with Crippen LogP contribution in [0.2, 0.25) is 5.02 Å². The zero-order valence-electron chi connectivity index (χ0n) is 7.49. The van der Waals surface area contributed by atoms with Gasteiger partial charge in [-0.05, 0) is 24.1 Å². The molecule has 0 radical (unpaired) electrons. The summed E-state index contributed by atoms with van der Waals surface area (Å²) in [5, 5.41) is 0.286. The molecule has 0 aliphatic rings. The fourth-order valence-corrected chi connectivity index (χ4v) is 2.10. The van der Waals surface area contributed by atoms with Gasteiger partial charge < -0.3 is 5.73 Å². The molecule has 0 heterocycles. The van der Waals surface area contributed by atoms with Gasteiger partial charge in [-0.2, -0.15) is 8.42 Å². The first-order valence-electron chi connectivity index (χ1n) is 3.91. The molecule has 1 aromatic rings. The van der Waals surface area contributed by atoms with E-state index in [4.69, 9.17) is 21.9 Å². The van der Waals surface area contributed by atoms with E-state index in [1.807, 2.05) is 6.92 Å². The van der Waals surface area contributed by atoms with Crippen molar-refractivity contribution in [3.8, 4) is 0 Å². The Bertz CT molecular complexity index is 456. The van der Waals surface area contributed by atoms with Crippen molar-refractivity contribution in [2.75, 3.05) is 5.73 Å². The molecule has 0 aliphatic carbocycles. The van der Waals surface area contributed by atoms with Gasteiger partial charge in [-0.1, -0.05) is 18.5 Å². The van der Waals surface area contributed by atoms with E-state index in [2.05, 4.69) is 0 Å². The Hall–Kier alpha value is -0.780. The zero-order chi connectivity index (χ0) is 10.9. The second-order valence-electron chi connectivity index (χ2n) is 2.81. The fraction of sp³-hybridized carbons (Fsp3) is 0.250. The predicted molar refractivity (Wildman–Crippen MR) is 55.1 cm³/mol.